The number of nitrogens with zero attached hydrogens (tertiary/aromatic N) is 4. The molecular weight excluding hydrogens is 390 g/mol. The van der Waals surface area contributed by atoms with Crippen molar-refractivity contribution in [3.8, 4) is 11.4 Å². The van der Waals surface area contributed by atoms with E-state index in [-0.39, 0.29) is 5.56 Å². The molecule has 0 fully saturated rings. The summed E-state index contributed by atoms with van der Waals surface area (Å²) in [6.45, 7) is 2.10. The third-order valence-electron chi connectivity index (χ3n) is 5.69. The van der Waals surface area contributed by atoms with Gasteiger partial charge in [0.15, 0.2) is 0 Å². The monoisotopic (exact) mass is 411 g/mol. The van der Waals surface area contributed by atoms with Gasteiger partial charge < -0.3 is 15.0 Å². The fraction of sp³-hybridized carbons (Fsp3) is 0.125. The van der Waals surface area contributed by atoms with E-state index in [1.54, 1.807) is 0 Å². The van der Waals surface area contributed by atoms with E-state index in [9.17, 15) is 9.90 Å². The predicted octanol–water partition coefficient (Wildman–Crippen LogP) is 4.89. The van der Waals surface area contributed by atoms with Crippen LogP contribution >= 0.6 is 0 Å². The van der Waals surface area contributed by atoms with E-state index < -0.39 is 5.97 Å². The second-order valence-electron chi connectivity index (χ2n) is 7.63. The van der Waals surface area contributed by atoms with Crippen LogP contribution in [0.5, 0.6) is 0 Å². The zero-order valence-electron chi connectivity index (χ0n) is 17.4. The Hall–Kier alpha value is -4.13. The number of hydrogen-bond acceptors (Lipinski definition) is 4. The van der Waals surface area contributed by atoms with Crippen molar-refractivity contribution in [2.24, 2.45) is 7.05 Å². The number of carboxylic acids is 1. The average Bonchev–Trinajstić information content (AvgIpc) is 3.32. The number of para-hydroxylation sites is 1. The molecule has 7 heteroatoms. The summed E-state index contributed by atoms with van der Waals surface area (Å²) in [6, 6.07) is 17.8. The average molecular weight is 411 g/mol. The number of nitrogens with one attached hydrogen (secondary N) is 1. The van der Waals surface area contributed by atoms with Crippen molar-refractivity contribution < 1.29 is 9.90 Å². The van der Waals surface area contributed by atoms with E-state index >= 15 is 0 Å². The van der Waals surface area contributed by atoms with Gasteiger partial charge in [0.25, 0.3) is 0 Å². The molecule has 5 rings (SSSR count). The number of H-pyrrole nitrogens is 1. The maximum Gasteiger partial charge on any atom is 0.337 e. The number of aryl methyl sites for hydroxylation is 2. The van der Waals surface area contributed by atoms with Gasteiger partial charge in [0.2, 0.25) is 0 Å². The van der Waals surface area contributed by atoms with Gasteiger partial charge in [-0.05, 0) is 48.9 Å². The lowest BCUT2D eigenvalue weighted by Crippen LogP contribution is -2.10. The smallest absolute Gasteiger partial charge is 0.337 e. The number of pyridine rings is 1. The van der Waals surface area contributed by atoms with E-state index in [1.165, 1.54) is 17.8 Å². The maximum absolute atomic E-state index is 11.6. The third kappa shape index (κ3) is 3.02. The summed E-state index contributed by atoms with van der Waals surface area (Å²) in [5.74, 6) is -0.987. The van der Waals surface area contributed by atoms with Crippen molar-refractivity contribution in [1.29, 1.82) is 0 Å². The van der Waals surface area contributed by atoms with Crippen molar-refractivity contribution in [3.05, 3.63) is 71.9 Å². The lowest BCUT2D eigenvalue weighted by molar-refractivity contribution is 0.0698. The standard InChI is InChI=1S/C24H21N5O2/c1-14-6-4-5-7-21(14)28(2)15-8-9-16-18(12-15)27-29(3)23(16)20-13-19-22(26-20)17(24(30)31)10-11-25-19/h4-13,26H,1-3H3,(H,30,31). The Bertz CT molecular complexity index is 1460. The topological polar surface area (TPSA) is 87.0 Å². The Labute approximate surface area is 178 Å². The van der Waals surface area contributed by atoms with Crippen molar-refractivity contribution >= 4 is 39.3 Å². The van der Waals surface area contributed by atoms with Gasteiger partial charge in [0, 0.05) is 37.1 Å². The molecule has 0 aliphatic heterocycles. The summed E-state index contributed by atoms with van der Waals surface area (Å²) in [6.07, 6.45) is 1.51. The van der Waals surface area contributed by atoms with Gasteiger partial charge in [-0.3, -0.25) is 9.67 Å². The molecule has 0 aliphatic rings. The van der Waals surface area contributed by atoms with E-state index in [0.717, 1.165) is 33.7 Å². The number of aromatic amines is 1. The Balaban J connectivity index is 1.62. The Morgan fingerprint density at radius 1 is 1.10 bits per heavy atom. The van der Waals surface area contributed by atoms with Gasteiger partial charge >= 0.3 is 5.97 Å². The van der Waals surface area contributed by atoms with Crippen LogP contribution in [0.4, 0.5) is 11.4 Å². The molecule has 0 saturated heterocycles. The lowest BCUT2D eigenvalue weighted by Gasteiger charge is -2.21. The molecule has 0 bridgehead atoms. The molecule has 0 unspecified atom stereocenters. The van der Waals surface area contributed by atoms with Gasteiger partial charge in [-0.15, -0.1) is 0 Å². The van der Waals surface area contributed by atoms with Crippen molar-refractivity contribution in [2.75, 3.05) is 11.9 Å². The number of fused-ring (bicyclic) bond motifs is 2. The first-order valence-corrected chi connectivity index (χ1v) is 9.91. The zero-order valence-corrected chi connectivity index (χ0v) is 17.4. The molecule has 0 atom stereocenters. The van der Waals surface area contributed by atoms with E-state index in [2.05, 4.69) is 52.1 Å². The first-order valence-electron chi connectivity index (χ1n) is 9.91. The van der Waals surface area contributed by atoms with Crippen LogP contribution in [0.25, 0.3) is 33.3 Å². The molecule has 2 aromatic carbocycles. The quantitative estimate of drug-likeness (QED) is 0.440. The van der Waals surface area contributed by atoms with Crippen LogP contribution in [-0.2, 0) is 7.05 Å². The van der Waals surface area contributed by atoms with Gasteiger partial charge in [-0.2, -0.15) is 5.10 Å². The fourth-order valence-electron chi connectivity index (χ4n) is 4.13. The number of anilines is 2. The molecule has 2 N–H and O–H groups in total. The van der Waals surface area contributed by atoms with E-state index in [4.69, 9.17) is 5.10 Å². The summed E-state index contributed by atoms with van der Waals surface area (Å²) in [5, 5.41) is 15.2. The van der Waals surface area contributed by atoms with Crippen LogP contribution in [0.15, 0.2) is 60.8 Å². The minimum absolute atomic E-state index is 0.199. The SMILES string of the molecule is Cc1ccccc1N(C)c1ccc2c(-c3cc4nccc(C(=O)O)c4[nH]3)n(C)nc2c1. The normalized spacial score (nSPS) is 11.3. The van der Waals surface area contributed by atoms with Crippen LogP contribution in [-0.4, -0.2) is 37.9 Å². The summed E-state index contributed by atoms with van der Waals surface area (Å²) < 4.78 is 1.81. The van der Waals surface area contributed by atoms with Gasteiger partial charge in [0.05, 0.1) is 33.5 Å². The Morgan fingerprint density at radius 3 is 2.68 bits per heavy atom. The molecule has 31 heavy (non-hydrogen) atoms. The molecule has 0 amide bonds. The van der Waals surface area contributed by atoms with Crippen LogP contribution in [0.2, 0.25) is 0 Å². The second kappa shape index (κ2) is 6.98. The number of hydrogen-bond donors (Lipinski definition) is 2. The Morgan fingerprint density at radius 2 is 1.90 bits per heavy atom. The summed E-state index contributed by atoms with van der Waals surface area (Å²) >= 11 is 0. The van der Waals surface area contributed by atoms with Crippen LogP contribution < -0.4 is 4.90 Å². The number of aromatic carboxylic acids is 1. The highest BCUT2D eigenvalue weighted by Gasteiger charge is 2.18. The molecule has 5 aromatic rings. The van der Waals surface area contributed by atoms with Crippen LogP contribution in [0, 0.1) is 6.92 Å². The number of aromatic nitrogens is 4. The Kier molecular flexibility index (Phi) is 4.25. The van der Waals surface area contributed by atoms with Gasteiger partial charge in [-0.25, -0.2) is 4.79 Å². The third-order valence-corrected chi connectivity index (χ3v) is 5.69. The molecular formula is C24H21N5O2. The first-order chi connectivity index (χ1) is 14.9. The van der Waals surface area contributed by atoms with Crippen molar-refractivity contribution in [1.82, 2.24) is 19.7 Å². The molecule has 0 spiro atoms. The molecule has 3 aromatic heterocycles. The maximum atomic E-state index is 11.6. The number of carbonyl (C=O) groups is 1. The van der Waals surface area contributed by atoms with Crippen LogP contribution in [0.3, 0.4) is 0 Å². The molecule has 154 valence electrons. The predicted molar refractivity (Wildman–Crippen MR) is 122 cm³/mol. The van der Waals surface area contributed by atoms with E-state index in [0.29, 0.717) is 11.0 Å². The summed E-state index contributed by atoms with van der Waals surface area (Å²) in [7, 11) is 3.93. The lowest BCUT2D eigenvalue weighted by atomic mass is 10.1. The molecule has 0 radical (unpaired) electrons. The minimum atomic E-state index is -0.987. The largest absolute Gasteiger partial charge is 0.478 e. The van der Waals surface area contributed by atoms with Crippen LogP contribution in [0.1, 0.15) is 15.9 Å². The highest BCUT2D eigenvalue weighted by molar-refractivity contribution is 6.03. The summed E-state index contributed by atoms with van der Waals surface area (Å²) in [5.41, 5.74) is 7.22. The van der Waals surface area contributed by atoms with Gasteiger partial charge in [0.1, 0.15) is 0 Å². The minimum Gasteiger partial charge on any atom is -0.478 e. The first kappa shape index (κ1) is 18.9. The van der Waals surface area contributed by atoms with Crippen molar-refractivity contribution in [2.45, 2.75) is 6.92 Å². The number of rotatable bonds is 4. The number of benzene rings is 2. The summed E-state index contributed by atoms with van der Waals surface area (Å²) in [4.78, 5) is 21.3. The molecule has 0 aliphatic carbocycles. The molecule has 7 nitrogen and oxygen atoms in total. The fourth-order valence-corrected chi connectivity index (χ4v) is 4.13. The van der Waals surface area contributed by atoms with Crippen molar-refractivity contribution in [3.63, 3.8) is 0 Å². The zero-order chi connectivity index (χ0) is 21.7. The second-order valence-corrected chi connectivity index (χ2v) is 7.63. The highest BCUT2D eigenvalue weighted by Crippen LogP contribution is 2.34. The highest BCUT2D eigenvalue weighted by atomic mass is 16.4. The van der Waals surface area contributed by atoms with E-state index in [1.807, 2.05) is 37.0 Å². The molecule has 0 saturated carbocycles. The van der Waals surface area contributed by atoms with Gasteiger partial charge in [-0.1, -0.05) is 18.2 Å². The number of carboxylic acid groups (broad SMARTS) is 1. The molecule has 3 heterocycles.